The Kier molecular flexibility index (Phi) is 10.6. The van der Waals surface area contributed by atoms with Gasteiger partial charge in [-0.25, -0.2) is 0 Å². The summed E-state index contributed by atoms with van der Waals surface area (Å²) in [5.41, 5.74) is -2.34. The molecule has 0 aromatic heterocycles. The lowest BCUT2D eigenvalue weighted by Crippen LogP contribution is -2.63. The van der Waals surface area contributed by atoms with Gasteiger partial charge < -0.3 is 64.9 Å². The third-order valence-corrected chi connectivity index (χ3v) is 17.2. The van der Waals surface area contributed by atoms with Crippen LogP contribution in [0.4, 0.5) is 0 Å². The first-order chi connectivity index (χ1) is 25.0. The molecule has 7 fully saturated rings. The zero-order valence-electron chi connectivity index (χ0n) is 33.5. The number of hydrogen-bond donors (Lipinski definition) is 9. The lowest BCUT2D eigenvalue weighted by atomic mass is 9.41. The van der Waals surface area contributed by atoms with E-state index in [1.54, 1.807) is 20.8 Å². The molecule has 5 saturated carbocycles. The predicted molar refractivity (Wildman–Crippen MR) is 194 cm³/mol. The van der Waals surface area contributed by atoms with Crippen molar-refractivity contribution in [2.24, 2.45) is 50.7 Å². The van der Waals surface area contributed by atoms with Gasteiger partial charge >= 0.3 is 0 Å². The number of aliphatic hydroxyl groups excluding tert-OH is 8. The van der Waals surface area contributed by atoms with Crippen LogP contribution in [-0.2, 0) is 18.9 Å². The molecule has 5 aliphatic carbocycles. The van der Waals surface area contributed by atoms with Gasteiger partial charge in [-0.15, -0.1) is 0 Å². The molecule has 0 aromatic rings. The van der Waals surface area contributed by atoms with Crippen molar-refractivity contribution in [2.45, 2.75) is 199 Å². The second-order valence-electron chi connectivity index (χ2n) is 20.7. The quantitative estimate of drug-likeness (QED) is 0.152. The molecule has 0 unspecified atom stereocenters. The highest BCUT2D eigenvalue weighted by molar-refractivity contribution is 5.32. The maximum atomic E-state index is 12.4. The highest BCUT2D eigenvalue weighted by atomic mass is 16.7. The molecule has 21 atom stereocenters. The van der Waals surface area contributed by atoms with Crippen LogP contribution in [0.1, 0.15) is 113 Å². The molecule has 9 N–H and O–H groups in total. The van der Waals surface area contributed by atoms with E-state index in [0.29, 0.717) is 32.1 Å². The van der Waals surface area contributed by atoms with Crippen LogP contribution >= 0.6 is 0 Å². The van der Waals surface area contributed by atoms with Gasteiger partial charge in [-0.1, -0.05) is 34.6 Å². The fourth-order valence-corrected chi connectivity index (χ4v) is 14.2. The van der Waals surface area contributed by atoms with E-state index in [4.69, 9.17) is 18.9 Å². The predicted octanol–water partition coefficient (Wildman–Crippen LogP) is 1.59. The van der Waals surface area contributed by atoms with Crippen LogP contribution in [0.2, 0.25) is 0 Å². The molecule has 54 heavy (non-hydrogen) atoms. The number of rotatable bonds is 9. The number of hydrogen-bond acceptors (Lipinski definition) is 13. The first-order valence-corrected chi connectivity index (χ1v) is 20.7. The van der Waals surface area contributed by atoms with Gasteiger partial charge in [-0.2, -0.15) is 0 Å². The monoisotopic (exact) mass is 770 g/mol. The minimum absolute atomic E-state index is 0.00398. The van der Waals surface area contributed by atoms with Crippen LogP contribution in [-0.4, -0.2) is 138 Å². The lowest BCUT2D eigenvalue weighted by molar-refractivity contribution is -0.323. The molecule has 0 amide bonds. The van der Waals surface area contributed by atoms with Crippen LogP contribution in [0.5, 0.6) is 0 Å². The van der Waals surface area contributed by atoms with Gasteiger partial charge in [0.05, 0.1) is 42.7 Å². The fraction of sp³-hybridized carbons (Fsp3) is 1.00. The van der Waals surface area contributed by atoms with Gasteiger partial charge in [0.2, 0.25) is 0 Å². The molecule has 0 aromatic carbocycles. The first kappa shape index (κ1) is 41.6. The number of ether oxygens (including phenoxy) is 4. The number of fused-ring (bicyclic) bond motifs is 2. The maximum absolute atomic E-state index is 12.4. The molecule has 2 spiro atoms. The summed E-state index contributed by atoms with van der Waals surface area (Å²) in [5.74, 6) is 0.160. The van der Waals surface area contributed by atoms with Crippen molar-refractivity contribution in [2.75, 3.05) is 6.61 Å². The zero-order chi connectivity index (χ0) is 39.7. The van der Waals surface area contributed by atoms with E-state index >= 15 is 0 Å². The van der Waals surface area contributed by atoms with Crippen LogP contribution in [0.25, 0.3) is 0 Å². The Balaban J connectivity index is 1.16. The summed E-state index contributed by atoms with van der Waals surface area (Å²) in [7, 11) is 0. The van der Waals surface area contributed by atoms with Gasteiger partial charge in [0.1, 0.15) is 36.6 Å². The summed E-state index contributed by atoms with van der Waals surface area (Å²) in [5, 5.41) is 96.9. The highest BCUT2D eigenvalue weighted by Gasteiger charge is 2.84. The van der Waals surface area contributed by atoms with Crippen molar-refractivity contribution < 1.29 is 64.9 Å². The van der Waals surface area contributed by atoms with Crippen molar-refractivity contribution in [1.82, 2.24) is 0 Å². The van der Waals surface area contributed by atoms with Crippen molar-refractivity contribution >= 4 is 0 Å². The van der Waals surface area contributed by atoms with Crippen LogP contribution in [0.15, 0.2) is 0 Å². The summed E-state index contributed by atoms with van der Waals surface area (Å²) < 4.78 is 24.9. The van der Waals surface area contributed by atoms with Crippen LogP contribution < -0.4 is 0 Å². The van der Waals surface area contributed by atoms with E-state index in [2.05, 4.69) is 34.6 Å². The van der Waals surface area contributed by atoms with Crippen LogP contribution in [0.3, 0.4) is 0 Å². The molecule has 7 aliphatic rings. The maximum Gasteiger partial charge on any atom is 0.186 e. The molecule has 2 saturated heterocycles. The molecule has 0 radical (unpaired) electrons. The molecule has 7 rings (SSSR count). The minimum atomic E-state index is -1.42. The van der Waals surface area contributed by atoms with Gasteiger partial charge in [0.25, 0.3) is 0 Å². The third-order valence-electron chi connectivity index (χ3n) is 17.2. The fourth-order valence-electron chi connectivity index (χ4n) is 14.2. The minimum Gasteiger partial charge on any atom is -0.393 e. The van der Waals surface area contributed by atoms with Crippen molar-refractivity contribution in [3.63, 3.8) is 0 Å². The first-order valence-electron chi connectivity index (χ1n) is 20.7. The molecule has 2 heterocycles. The highest BCUT2D eigenvalue weighted by Crippen LogP contribution is 2.89. The Morgan fingerprint density at radius 2 is 1.44 bits per heavy atom. The van der Waals surface area contributed by atoms with Crippen molar-refractivity contribution in [1.29, 1.82) is 0 Å². The average molecular weight is 771 g/mol. The zero-order valence-corrected chi connectivity index (χ0v) is 33.5. The van der Waals surface area contributed by atoms with Gasteiger partial charge in [0, 0.05) is 0 Å². The van der Waals surface area contributed by atoms with E-state index in [0.717, 1.165) is 25.7 Å². The Hall–Kier alpha value is -0.520. The SMILES string of the molecule is C[C@H](CC[C@@H](O)C(C)(C)O)[C@H]1[C@@H](O[C@@H]2OC[C@@H](O)[C@H](O)[C@H]2O)C[C@@]2(C)[C@@H]3C[C@H](O)[C@H]4C(C)(C)[C@@H](O[C@@H]5O[C@@H](C)[C@H](O)[C@@H](O)[C@H]5O)CC[C@@]45C[C@@]35CC[C@]12C. The largest absolute Gasteiger partial charge is 0.393 e. The summed E-state index contributed by atoms with van der Waals surface area (Å²) in [6, 6.07) is 0. The Morgan fingerprint density at radius 1 is 0.778 bits per heavy atom. The smallest absolute Gasteiger partial charge is 0.186 e. The molecular weight excluding hydrogens is 700 g/mol. The third kappa shape index (κ3) is 6.03. The lowest BCUT2D eigenvalue weighted by Gasteiger charge is -2.64. The van der Waals surface area contributed by atoms with Crippen LogP contribution in [0, 0.1) is 50.7 Å². The van der Waals surface area contributed by atoms with Crippen molar-refractivity contribution in [3.05, 3.63) is 0 Å². The summed E-state index contributed by atoms with van der Waals surface area (Å²) in [6.45, 7) is 15.9. The van der Waals surface area contributed by atoms with E-state index in [1.165, 1.54) is 0 Å². The molecular formula is C41H70O13. The summed E-state index contributed by atoms with van der Waals surface area (Å²) >= 11 is 0. The second-order valence-corrected chi connectivity index (χ2v) is 20.7. The topological polar surface area (TPSA) is 219 Å². The summed E-state index contributed by atoms with van der Waals surface area (Å²) in [4.78, 5) is 0. The van der Waals surface area contributed by atoms with E-state index < -0.39 is 78.5 Å². The molecule has 2 aliphatic heterocycles. The van der Waals surface area contributed by atoms with Gasteiger partial charge in [0.15, 0.2) is 12.6 Å². The Labute approximate surface area is 320 Å². The van der Waals surface area contributed by atoms with Crippen molar-refractivity contribution in [3.8, 4) is 0 Å². The normalized spacial score (nSPS) is 55.2. The van der Waals surface area contributed by atoms with E-state index in [9.17, 15) is 46.0 Å². The van der Waals surface area contributed by atoms with Gasteiger partial charge in [-0.05, 0) is 129 Å². The average Bonchev–Trinajstić information content (AvgIpc) is 3.67. The molecule has 312 valence electrons. The number of aliphatic hydroxyl groups is 9. The Morgan fingerprint density at radius 3 is 2.11 bits per heavy atom. The van der Waals surface area contributed by atoms with Gasteiger partial charge in [-0.3, -0.25) is 0 Å². The van der Waals surface area contributed by atoms with E-state index in [-0.39, 0.29) is 64.1 Å². The molecule has 0 bridgehead atoms. The summed E-state index contributed by atoms with van der Waals surface area (Å²) in [6.07, 6.45) is -6.36. The van der Waals surface area contributed by atoms with E-state index in [1.807, 2.05) is 0 Å². The molecule has 13 heteroatoms. The Bertz CT molecular complexity index is 1370. The second kappa shape index (κ2) is 13.8. The standard InChI is InChI=1S/C41H70O13/c1-19(9-10-25(44)37(5,6)50)27-23(53-34-31(48)29(46)22(43)17-51-34)16-39(8)24-15-21(42)33-36(3,4)26(54-35-32(49)30(47)28(45)20(2)52-35)11-12-41(33)18-40(24,41)14-13-38(27,39)7/h19-35,42-50H,9-18H2,1-8H3/t19-,20+,21+,22-,23+,24+,25-,26+,27+,28+,29+,30-,31-,32-,33+,34+,35+,38-,39+,40+,41-/m1/s1. The molecule has 13 nitrogen and oxygen atoms in total.